The molecule has 0 saturated carbocycles. The summed E-state index contributed by atoms with van der Waals surface area (Å²) in [5, 5.41) is 2.53. The van der Waals surface area contributed by atoms with Crippen LogP contribution in [0.2, 0.25) is 0 Å². The maximum Gasteiger partial charge on any atom is 0.222 e. The Kier molecular flexibility index (Phi) is 6.83. The van der Waals surface area contributed by atoms with E-state index >= 15 is 0 Å². The van der Waals surface area contributed by atoms with Gasteiger partial charge in [-0.25, -0.2) is 4.98 Å². The van der Waals surface area contributed by atoms with Gasteiger partial charge in [0, 0.05) is 6.92 Å². The second kappa shape index (κ2) is 7.31. The van der Waals surface area contributed by atoms with Gasteiger partial charge in [-0.1, -0.05) is 0 Å². The Labute approximate surface area is 98.8 Å². The summed E-state index contributed by atoms with van der Waals surface area (Å²) in [7, 11) is 0. The summed E-state index contributed by atoms with van der Waals surface area (Å²) in [6.07, 6.45) is 1.49. The molecule has 0 unspecified atom stereocenters. The normalized spacial score (nSPS) is 9.13. The van der Waals surface area contributed by atoms with Gasteiger partial charge >= 0.3 is 0 Å². The lowest BCUT2D eigenvalue weighted by atomic mass is 10.4. The molecule has 0 atom stereocenters. The van der Waals surface area contributed by atoms with Crippen molar-refractivity contribution < 1.29 is 4.79 Å². The Morgan fingerprint density at radius 2 is 2.07 bits per heavy atom. The van der Waals surface area contributed by atoms with Crippen molar-refractivity contribution in [2.75, 3.05) is 11.1 Å². The number of carbonyl (C=O) groups is 1. The first-order chi connectivity index (χ1) is 6.91. The van der Waals surface area contributed by atoms with Crippen LogP contribution in [0.5, 0.6) is 0 Å². The average Bonchev–Trinajstić information content (AvgIpc) is 2.07. The largest absolute Gasteiger partial charge is 0.397 e. The summed E-state index contributed by atoms with van der Waals surface area (Å²) in [4.78, 5) is 14.2. The molecule has 1 amide bonds. The van der Waals surface area contributed by atoms with E-state index in [1.165, 1.54) is 13.1 Å². The molecule has 1 aromatic rings. The Morgan fingerprint density at radius 3 is 2.40 bits per heavy atom. The van der Waals surface area contributed by atoms with Crippen molar-refractivity contribution in [2.45, 2.75) is 18.7 Å². The van der Waals surface area contributed by atoms with Crippen molar-refractivity contribution in [3.63, 3.8) is 0 Å². The van der Waals surface area contributed by atoms with Gasteiger partial charge in [0.2, 0.25) is 5.91 Å². The highest BCUT2D eigenvalue weighted by Crippen LogP contribution is 2.04. The lowest BCUT2D eigenvalue weighted by molar-refractivity contribution is -0.114. The maximum absolute atomic E-state index is 10.5. The van der Waals surface area contributed by atoms with Crippen LogP contribution in [0, 0.1) is 0 Å². The number of nitrogens with zero attached hydrogens (tertiary/aromatic N) is 1. The average molecular weight is 250 g/mol. The zero-order valence-corrected chi connectivity index (χ0v) is 10.0. The molecule has 0 spiro atoms. The number of anilines is 2. The summed E-state index contributed by atoms with van der Waals surface area (Å²) in [5.74, 6) is 0.383. The predicted octanol–water partition coefficient (Wildman–Crippen LogP) is 2.43. The van der Waals surface area contributed by atoms with Gasteiger partial charge in [-0.15, -0.1) is 23.2 Å². The summed E-state index contributed by atoms with van der Waals surface area (Å²) >= 11 is 10.1. The third kappa shape index (κ3) is 9.31. The topological polar surface area (TPSA) is 68.0 Å². The van der Waals surface area contributed by atoms with Gasteiger partial charge in [-0.05, 0) is 19.1 Å². The second-order valence-corrected chi connectivity index (χ2v) is 4.21. The molecule has 0 fully saturated rings. The molecule has 84 valence electrons. The van der Waals surface area contributed by atoms with Crippen molar-refractivity contribution in [3.05, 3.63) is 18.3 Å². The van der Waals surface area contributed by atoms with E-state index < -0.39 is 0 Å². The number of amides is 1. The highest BCUT2D eigenvalue weighted by molar-refractivity contribution is 6.43. The number of nitrogens with one attached hydrogen (secondary N) is 1. The van der Waals surface area contributed by atoms with Crippen molar-refractivity contribution >= 4 is 40.6 Å². The molecule has 0 aliphatic heterocycles. The van der Waals surface area contributed by atoms with E-state index in [1.807, 2.05) is 0 Å². The molecular weight excluding hydrogens is 237 g/mol. The summed E-state index contributed by atoms with van der Waals surface area (Å²) < 4.78 is 0. The number of hydrogen-bond acceptors (Lipinski definition) is 3. The standard InChI is InChI=1S/C7H9N3O.C2H4Cl2/c1-5(11)10-7-3-2-6(8)4-9-7;1-2(3)4/h2-4H,8H2,1H3,(H,9,10,11);2H,1H3. The lowest BCUT2D eigenvalue weighted by Gasteiger charge is -1.99. The number of nitrogens with two attached hydrogens (primary N) is 1. The first-order valence-corrected chi connectivity index (χ1v) is 5.06. The zero-order chi connectivity index (χ0) is 11.8. The van der Waals surface area contributed by atoms with E-state index in [0.717, 1.165) is 0 Å². The minimum atomic E-state index is -0.222. The van der Waals surface area contributed by atoms with Crippen LogP contribution >= 0.6 is 23.2 Å². The van der Waals surface area contributed by atoms with Gasteiger partial charge in [-0.2, -0.15) is 0 Å². The molecule has 0 aromatic carbocycles. The van der Waals surface area contributed by atoms with E-state index in [1.54, 1.807) is 19.1 Å². The Morgan fingerprint density at radius 1 is 1.53 bits per heavy atom. The van der Waals surface area contributed by atoms with E-state index in [0.29, 0.717) is 11.5 Å². The molecule has 1 rings (SSSR count). The third-order valence-electron chi connectivity index (χ3n) is 1.09. The molecule has 1 heterocycles. The number of rotatable bonds is 1. The maximum atomic E-state index is 10.5. The lowest BCUT2D eigenvalue weighted by Crippen LogP contribution is -2.07. The van der Waals surface area contributed by atoms with E-state index in [2.05, 4.69) is 10.3 Å². The Balaban J connectivity index is 0.000000423. The van der Waals surface area contributed by atoms with Crippen LogP contribution in [0.4, 0.5) is 11.5 Å². The number of alkyl halides is 2. The molecular formula is C9H13Cl2N3O. The fourth-order valence-corrected chi connectivity index (χ4v) is 0.660. The van der Waals surface area contributed by atoms with Crippen LogP contribution in [0.15, 0.2) is 18.3 Å². The highest BCUT2D eigenvalue weighted by atomic mass is 35.5. The molecule has 0 aliphatic carbocycles. The van der Waals surface area contributed by atoms with Crippen molar-refractivity contribution in [1.29, 1.82) is 0 Å². The third-order valence-corrected chi connectivity index (χ3v) is 1.09. The molecule has 0 bridgehead atoms. The number of halogens is 2. The smallest absolute Gasteiger partial charge is 0.222 e. The number of hydrogen-bond donors (Lipinski definition) is 2. The fourth-order valence-electron chi connectivity index (χ4n) is 0.660. The predicted molar refractivity (Wildman–Crippen MR) is 64.1 cm³/mol. The second-order valence-electron chi connectivity index (χ2n) is 2.68. The highest BCUT2D eigenvalue weighted by Gasteiger charge is 1.94. The van der Waals surface area contributed by atoms with Crippen molar-refractivity contribution in [1.82, 2.24) is 4.98 Å². The van der Waals surface area contributed by atoms with E-state index in [4.69, 9.17) is 28.9 Å². The SMILES string of the molecule is CC(=O)Nc1ccc(N)cn1.CC(Cl)Cl. The van der Waals surface area contributed by atoms with Gasteiger partial charge in [0.15, 0.2) is 0 Å². The number of nitrogen functional groups attached to an aromatic ring is 1. The van der Waals surface area contributed by atoms with Crippen LogP contribution < -0.4 is 11.1 Å². The molecule has 1 aromatic heterocycles. The molecule has 0 radical (unpaired) electrons. The van der Waals surface area contributed by atoms with Gasteiger partial charge in [-0.3, -0.25) is 4.79 Å². The van der Waals surface area contributed by atoms with Gasteiger partial charge < -0.3 is 11.1 Å². The minimum absolute atomic E-state index is 0.137. The zero-order valence-electron chi connectivity index (χ0n) is 8.50. The molecule has 3 N–H and O–H groups in total. The summed E-state index contributed by atoms with van der Waals surface area (Å²) in [6, 6.07) is 3.33. The minimum Gasteiger partial charge on any atom is -0.397 e. The number of aromatic nitrogens is 1. The molecule has 0 aliphatic rings. The van der Waals surface area contributed by atoms with Crippen molar-refractivity contribution in [2.24, 2.45) is 0 Å². The summed E-state index contributed by atoms with van der Waals surface area (Å²) in [6.45, 7) is 3.13. The molecule has 15 heavy (non-hydrogen) atoms. The van der Waals surface area contributed by atoms with Crippen LogP contribution in [0.3, 0.4) is 0 Å². The number of carbonyl (C=O) groups excluding carboxylic acids is 1. The van der Waals surface area contributed by atoms with Crippen molar-refractivity contribution in [3.8, 4) is 0 Å². The van der Waals surface area contributed by atoms with Gasteiger partial charge in [0.25, 0.3) is 0 Å². The van der Waals surface area contributed by atoms with Gasteiger partial charge in [0.1, 0.15) is 10.7 Å². The first kappa shape index (κ1) is 14.0. The monoisotopic (exact) mass is 249 g/mol. The van der Waals surface area contributed by atoms with E-state index in [-0.39, 0.29) is 10.7 Å². The van der Waals surface area contributed by atoms with Crippen LogP contribution in [0.25, 0.3) is 0 Å². The van der Waals surface area contributed by atoms with Crippen LogP contribution in [-0.2, 0) is 4.79 Å². The summed E-state index contributed by atoms with van der Waals surface area (Å²) in [5.41, 5.74) is 5.96. The quantitative estimate of drug-likeness (QED) is 0.752. The molecule has 6 heteroatoms. The number of pyridine rings is 1. The fraction of sp³-hybridized carbons (Fsp3) is 0.333. The molecule has 0 saturated heterocycles. The van der Waals surface area contributed by atoms with Crippen LogP contribution in [0.1, 0.15) is 13.8 Å². The Bertz CT molecular complexity index is 298. The Hall–Kier alpha value is -1.000. The first-order valence-electron chi connectivity index (χ1n) is 4.19. The molecule has 4 nitrogen and oxygen atoms in total. The van der Waals surface area contributed by atoms with Gasteiger partial charge in [0.05, 0.1) is 11.9 Å². The van der Waals surface area contributed by atoms with E-state index in [9.17, 15) is 4.79 Å². The van der Waals surface area contributed by atoms with Crippen LogP contribution in [-0.4, -0.2) is 15.7 Å².